The van der Waals surface area contributed by atoms with E-state index >= 15 is 0 Å². The minimum absolute atomic E-state index is 0.0184. The molecule has 0 radical (unpaired) electrons. The quantitative estimate of drug-likeness (QED) is 0.841. The van der Waals surface area contributed by atoms with Crippen molar-refractivity contribution in [1.29, 1.82) is 0 Å². The summed E-state index contributed by atoms with van der Waals surface area (Å²) in [5, 5.41) is 0. The van der Waals surface area contributed by atoms with Gasteiger partial charge in [-0.25, -0.2) is 0 Å². The third-order valence-corrected chi connectivity index (χ3v) is 4.71. The van der Waals surface area contributed by atoms with E-state index in [2.05, 4.69) is 25.1 Å². The van der Waals surface area contributed by atoms with Crippen molar-refractivity contribution >= 4 is 5.91 Å². The first kappa shape index (κ1) is 17.4. The van der Waals surface area contributed by atoms with Crippen LogP contribution < -0.4 is 5.56 Å². The molecule has 0 unspecified atom stereocenters. The SMILES string of the molecule is COCCn1cc(C(=O)N2CCC[C@@H]2c2cccc(C)c2)ccc1=O. The number of aromatic nitrogens is 1. The Morgan fingerprint density at radius 3 is 2.88 bits per heavy atom. The Hall–Kier alpha value is -2.40. The van der Waals surface area contributed by atoms with Gasteiger partial charge in [0, 0.05) is 32.5 Å². The minimum Gasteiger partial charge on any atom is -0.383 e. The van der Waals surface area contributed by atoms with E-state index in [0.717, 1.165) is 19.4 Å². The molecule has 1 aromatic heterocycles. The number of amides is 1. The number of carbonyl (C=O) groups excluding carboxylic acids is 1. The van der Waals surface area contributed by atoms with Gasteiger partial charge in [0.2, 0.25) is 0 Å². The lowest BCUT2D eigenvalue weighted by atomic mass is 10.0. The molecule has 1 aliphatic rings. The lowest BCUT2D eigenvalue weighted by Crippen LogP contribution is -2.32. The fraction of sp³-hybridized carbons (Fsp3) is 0.400. The van der Waals surface area contributed by atoms with Crippen LogP contribution in [0.1, 0.15) is 40.4 Å². The molecule has 1 amide bonds. The molecule has 2 aromatic rings. The number of likely N-dealkylation sites (tertiary alicyclic amines) is 1. The zero-order valence-electron chi connectivity index (χ0n) is 14.8. The second-order valence-electron chi connectivity index (χ2n) is 6.51. The lowest BCUT2D eigenvalue weighted by Gasteiger charge is -2.25. The molecule has 2 heterocycles. The number of nitrogens with zero attached hydrogens (tertiary/aromatic N) is 2. The molecule has 1 fully saturated rings. The summed E-state index contributed by atoms with van der Waals surface area (Å²) in [5.41, 5.74) is 2.81. The number of hydrogen-bond donors (Lipinski definition) is 0. The summed E-state index contributed by atoms with van der Waals surface area (Å²) in [5.74, 6) is -0.0184. The van der Waals surface area contributed by atoms with Crippen molar-refractivity contribution in [2.24, 2.45) is 0 Å². The van der Waals surface area contributed by atoms with Gasteiger partial charge in [0.1, 0.15) is 0 Å². The molecule has 0 aliphatic carbocycles. The molecule has 0 saturated carbocycles. The highest BCUT2D eigenvalue weighted by atomic mass is 16.5. The van der Waals surface area contributed by atoms with Gasteiger partial charge >= 0.3 is 0 Å². The topological polar surface area (TPSA) is 51.5 Å². The maximum Gasteiger partial charge on any atom is 0.255 e. The third kappa shape index (κ3) is 3.82. The van der Waals surface area contributed by atoms with Crippen molar-refractivity contribution < 1.29 is 9.53 Å². The molecule has 0 N–H and O–H groups in total. The molecule has 132 valence electrons. The largest absolute Gasteiger partial charge is 0.383 e. The molecule has 1 aromatic carbocycles. The average molecular weight is 340 g/mol. The summed E-state index contributed by atoms with van der Waals surface area (Å²) in [6.45, 7) is 3.69. The van der Waals surface area contributed by atoms with Crippen molar-refractivity contribution in [2.45, 2.75) is 32.4 Å². The van der Waals surface area contributed by atoms with E-state index in [9.17, 15) is 9.59 Å². The van der Waals surface area contributed by atoms with Gasteiger partial charge in [-0.15, -0.1) is 0 Å². The minimum atomic E-state index is -0.120. The van der Waals surface area contributed by atoms with Crippen LogP contribution in [0.4, 0.5) is 0 Å². The second-order valence-corrected chi connectivity index (χ2v) is 6.51. The monoisotopic (exact) mass is 340 g/mol. The standard InChI is InChI=1S/C20H24N2O3/c1-15-5-3-6-16(13-15)18-7-4-10-22(18)20(24)17-8-9-19(23)21(14-17)11-12-25-2/h3,5-6,8-9,13-14,18H,4,7,10-12H2,1-2H3/t18-/m1/s1. The number of ether oxygens (including phenoxy) is 1. The molecule has 0 bridgehead atoms. The summed E-state index contributed by atoms with van der Waals surface area (Å²) in [6, 6.07) is 11.5. The first-order chi connectivity index (χ1) is 12.1. The smallest absolute Gasteiger partial charge is 0.255 e. The Morgan fingerprint density at radius 1 is 1.28 bits per heavy atom. The van der Waals surface area contributed by atoms with E-state index in [1.165, 1.54) is 21.8 Å². The summed E-state index contributed by atoms with van der Waals surface area (Å²) in [4.78, 5) is 26.9. The maximum atomic E-state index is 13.0. The lowest BCUT2D eigenvalue weighted by molar-refractivity contribution is 0.0734. The molecular weight excluding hydrogens is 316 g/mol. The van der Waals surface area contributed by atoms with Crippen LogP contribution in [0, 0.1) is 6.92 Å². The number of aryl methyl sites for hydroxylation is 1. The first-order valence-corrected chi connectivity index (χ1v) is 8.67. The van der Waals surface area contributed by atoms with E-state index < -0.39 is 0 Å². The van der Waals surface area contributed by atoms with E-state index in [0.29, 0.717) is 18.7 Å². The van der Waals surface area contributed by atoms with Gasteiger partial charge in [0.05, 0.1) is 18.2 Å². The van der Waals surface area contributed by atoms with Crippen molar-refractivity contribution in [3.05, 3.63) is 69.6 Å². The number of hydrogen-bond acceptors (Lipinski definition) is 3. The van der Waals surface area contributed by atoms with E-state index in [1.54, 1.807) is 19.4 Å². The highest BCUT2D eigenvalue weighted by molar-refractivity contribution is 5.94. The predicted octanol–water partition coefficient (Wildman–Crippen LogP) is 2.78. The molecule has 1 saturated heterocycles. The molecule has 5 nitrogen and oxygen atoms in total. The molecule has 5 heteroatoms. The van der Waals surface area contributed by atoms with Crippen molar-refractivity contribution in [3.63, 3.8) is 0 Å². The van der Waals surface area contributed by atoms with Crippen LogP contribution in [0.3, 0.4) is 0 Å². The predicted molar refractivity (Wildman–Crippen MR) is 96.8 cm³/mol. The van der Waals surface area contributed by atoms with Crippen LogP contribution >= 0.6 is 0 Å². The average Bonchev–Trinajstić information content (AvgIpc) is 3.10. The van der Waals surface area contributed by atoms with Gasteiger partial charge in [-0.2, -0.15) is 0 Å². The molecule has 3 rings (SSSR count). The van der Waals surface area contributed by atoms with Crippen LogP contribution in [-0.4, -0.2) is 35.6 Å². The molecular formula is C20H24N2O3. The molecule has 25 heavy (non-hydrogen) atoms. The number of methoxy groups -OCH3 is 1. The van der Waals surface area contributed by atoms with Crippen molar-refractivity contribution in [2.75, 3.05) is 20.3 Å². The van der Waals surface area contributed by atoms with Gasteiger partial charge in [0.15, 0.2) is 0 Å². The Morgan fingerprint density at radius 2 is 2.12 bits per heavy atom. The molecule has 0 spiro atoms. The number of rotatable bonds is 5. The van der Waals surface area contributed by atoms with Crippen LogP contribution in [0.5, 0.6) is 0 Å². The van der Waals surface area contributed by atoms with Gasteiger partial charge < -0.3 is 14.2 Å². The van der Waals surface area contributed by atoms with Crippen molar-refractivity contribution in [1.82, 2.24) is 9.47 Å². The summed E-state index contributed by atoms with van der Waals surface area (Å²) < 4.78 is 6.57. The van der Waals surface area contributed by atoms with Crippen LogP contribution in [0.25, 0.3) is 0 Å². The number of carbonyl (C=O) groups is 1. The van der Waals surface area contributed by atoms with E-state index in [-0.39, 0.29) is 17.5 Å². The fourth-order valence-electron chi connectivity index (χ4n) is 3.42. The van der Waals surface area contributed by atoms with Crippen LogP contribution in [0.2, 0.25) is 0 Å². The summed E-state index contributed by atoms with van der Waals surface area (Å²) >= 11 is 0. The third-order valence-electron chi connectivity index (χ3n) is 4.71. The Labute approximate surface area is 147 Å². The first-order valence-electron chi connectivity index (χ1n) is 8.67. The van der Waals surface area contributed by atoms with E-state index in [1.807, 2.05) is 11.0 Å². The summed E-state index contributed by atoms with van der Waals surface area (Å²) in [7, 11) is 1.59. The fourth-order valence-corrected chi connectivity index (χ4v) is 3.42. The molecule has 1 aliphatic heterocycles. The molecule has 1 atom stereocenters. The maximum absolute atomic E-state index is 13.0. The van der Waals surface area contributed by atoms with Gasteiger partial charge in [-0.3, -0.25) is 9.59 Å². The summed E-state index contributed by atoms with van der Waals surface area (Å²) in [6.07, 6.45) is 3.61. The van der Waals surface area contributed by atoms with Gasteiger partial charge in [-0.1, -0.05) is 29.8 Å². The second kappa shape index (κ2) is 7.66. The number of pyridine rings is 1. The highest BCUT2D eigenvalue weighted by Gasteiger charge is 2.30. The number of benzene rings is 1. The van der Waals surface area contributed by atoms with Gasteiger partial charge in [-0.05, 0) is 31.4 Å². The Balaban J connectivity index is 1.85. The zero-order valence-corrected chi connectivity index (χ0v) is 14.8. The van der Waals surface area contributed by atoms with Crippen molar-refractivity contribution in [3.8, 4) is 0 Å². The highest BCUT2D eigenvalue weighted by Crippen LogP contribution is 2.33. The Kier molecular flexibility index (Phi) is 5.34. The van der Waals surface area contributed by atoms with Crippen LogP contribution in [-0.2, 0) is 11.3 Å². The normalized spacial score (nSPS) is 17.0. The van der Waals surface area contributed by atoms with Crippen LogP contribution in [0.15, 0.2) is 47.4 Å². The zero-order chi connectivity index (χ0) is 17.8. The van der Waals surface area contributed by atoms with E-state index in [4.69, 9.17) is 4.74 Å². The Bertz CT molecular complexity index is 813. The van der Waals surface area contributed by atoms with Gasteiger partial charge in [0.25, 0.3) is 11.5 Å².